The molecule has 1 aromatic carbocycles. The van der Waals surface area contributed by atoms with Crippen molar-refractivity contribution in [3.63, 3.8) is 0 Å². The van der Waals surface area contributed by atoms with Crippen molar-refractivity contribution in [1.82, 2.24) is 4.90 Å². The van der Waals surface area contributed by atoms with E-state index in [-0.39, 0.29) is 0 Å². The maximum Gasteiger partial charge on any atom is 0.0703 e. The third-order valence-electron chi connectivity index (χ3n) is 3.43. The van der Waals surface area contributed by atoms with E-state index in [2.05, 4.69) is 40.9 Å². The minimum atomic E-state index is 0.319. The quantitative estimate of drug-likeness (QED) is 0.872. The first-order valence-electron chi connectivity index (χ1n) is 5.94. The summed E-state index contributed by atoms with van der Waals surface area (Å²) < 4.78 is 6.61. The highest BCUT2D eigenvalue weighted by atomic mass is 79.9. The second-order valence-electron chi connectivity index (χ2n) is 4.67. The Hall–Kier alpha value is -0.580. The molecule has 3 nitrogen and oxygen atoms in total. The summed E-state index contributed by atoms with van der Waals surface area (Å²) in [6, 6.07) is 6.52. The second-order valence-corrected chi connectivity index (χ2v) is 5.46. The summed E-state index contributed by atoms with van der Waals surface area (Å²) in [4.78, 5) is 2.34. The predicted molar refractivity (Wildman–Crippen MR) is 73.8 cm³/mol. The Bertz CT molecular complexity index is 397. The van der Waals surface area contributed by atoms with Crippen molar-refractivity contribution in [2.45, 2.75) is 32.0 Å². The molecule has 0 aromatic heterocycles. The first-order chi connectivity index (χ1) is 8.09. The summed E-state index contributed by atoms with van der Waals surface area (Å²) in [6.07, 6.45) is 1.43. The molecule has 17 heavy (non-hydrogen) atoms. The largest absolute Gasteiger partial charge is 0.398 e. The van der Waals surface area contributed by atoms with E-state index in [1.54, 1.807) is 0 Å². The molecule has 2 atom stereocenters. The van der Waals surface area contributed by atoms with E-state index in [4.69, 9.17) is 10.5 Å². The number of nitrogens with zero attached hydrogens (tertiary/aromatic N) is 1. The van der Waals surface area contributed by atoms with E-state index in [1.807, 2.05) is 12.1 Å². The number of nitrogens with two attached hydrogens (primary N) is 1. The van der Waals surface area contributed by atoms with Crippen LogP contribution in [0.1, 0.15) is 18.9 Å². The van der Waals surface area contributed by atoms with E-state index >= 15 is 0 Å². The molecular formula is C13H19BrN2O. The lowest BCUT2D eigenvalue weighted by atomic mass is 10.1. The standard InChI is InChI=1S/C13H19BrN2O/c1-9-12(6-7-17-9)16(2)8-10-4-3-5-11(15)13(10)14/h3-5,9,12H,6-8,15H2,1-2H3. The van der Waals surface area contributed by atoms with Crippen molar-refractivity contribution in [2.24, 2.45) is 0 Å². The smallest absolute Gasteiger partial charge is 0.0703 e. The van der Waals surface area contributed by atoms with Crippen LogP contribution in [0.15, 0.2) is 22.7 Å². The number of likely N-dealkylation sites (N-methyl/N-ethyl adjacent to an activating group) is 1. The fraction of sp³-hybridized carbons (Fsp3) is 0.538. The Kier molecular flexibility index (Phi) is 4.07. The molecule has 0 saturated carbocycles. The molecule has 94 valence electrons. The molecule has 1 saturated heterocycles. The van der Waals surface area contributed by atoms with Gasteiger partial charge in [0.2, 0.25) is 0 Å². The van der Waals surface area contributed by atoms with Crippen molar-refractivity contribution in [3.05, 3.63) is 28.2 Å². The highest BCUT2D eigenvalue weighted by Gasteiger charge is 2.27. The molecule has 1 aliphatic rings. The fourth-order valence-electron chi connectivity index (χ4n) is 2.41. The number of rotatable bonds is 3. The Balaban J connectivity index is 2.07. The van der Waals surface area contributed by atoms with Crippen molar-refractivity contribution in [1.29, 1.82) is 0 Å². The van der Waals surface area contributed by atoms with Crippen LogP contribution < -0.4 is 5.73 Å². The number of hydrogen-bond acceptors (Lipinski definition) is 3. The lowest BCUT2D eigenvalue weighted by Crippen LogP contribution is -2.36. The van der Waals surface area contributed by atoms with Gasteiger partial charge in [0, 0.05) is 29.4 Å². The van der Waals surface area contributed by atoms with E-state index in [0.717, 1.165) is 29.7 Å². The van der Waals surface area contributed by atoms with Crippen LogP contribution in [0.3, 0.4) is 0 Å². The number of ether oxygens (including phenoxy) is 1. The van der Waals surface area contributed by atoms with E-state index in [0.29, 0.717) is 12.1 Å². The van der Waals surface area contributed by atoms with Crippen molar-refractivity contribution < 1.29 is 4.74 Å². The summed E-state index contributed by atoms with van der Waals surface area (Å²) in [5.74, 6) is 0. The van der Waals surface area contributed by atoms with Crippen molar-refractivity contribution in [2.75, 3.05) is 19.4 Å². The average molecular weight is 299 g/mol. The molecule has 2 rings (SSSR count). The normalized spacial score (nSPS) is 24.5. The predicted octanol–water partition coefficient (Wildman–Crippen LogP) is 2.64. The molecule has 0 amide bonds. The number of halogens is 1. The Morgan fingerprint density at radius 2 is 2.29 bits per heavy atom. The lowest BCUT2D eigenvalue weighted by Gasteiger charge is -2.27. The molecule has 1 fully saturated rings. The van der Waals surface area contributed by atoms with Gasteiger partial charge in [0.25, 0.3) is 0 Å². The molecule has 1 aromatic rings. The second kappa shape index (κ2) is 5.38. The van der Waals surface area contributed by atoms with E-state index < -0.39 is 0 Å². The number of anilines is 1. The summed E-state index contributed by atoms with van der Waals surface area (Å²) in [5.41, 5.74) is 7.91. The van der Waals surface area contributed by atoms with Crippen LogP contribution in [-0.4, -0.2) is 30.7 Å². The highest BCUT2D eigenvalue weighted by Crippen LogP contribution is 2.27. The van der Waals surface area contributed by atoms with Gasteiger partial charge in [-0.1, -0.05) is 12.1 Å². The minimum Gasteiger partial charge on any atom is -0.398 e. The summed E-state index contributed by atoms with van der Waals surface area (Å²) in [7, 11) is 2.14. The Labute approximate surface area is 111 Å². The Morgan fingerprint density at radius 3 is 2.94 bits per heavy atom. The van der Waals surface area contributed by atoms with Gasteiger partial charge in [0.1, 0.15) is 0 Å². The van der Waals surface area contributed by atoms with Crippen LogP contribution in [-0.2, 0) is 11.3 Å². The molecule has 2 unspecified atom stereocenters. The van der Waals surface area contributed by atoms with E-state index in [9.17, 15) is 0 Å². The molecule has 1 heterocycles. The van der Waals surface area contributed by atoms with Crippen LogP contribution >= 0.6 is 15.9 Å². The topological polar surface area (TPSA) is 38.5 Å². The molecule has 0 spiro atoms. The van der Waals surface area contributed by atoms with Gasteiger partial charge >= 0.3 is 0 Å². The van der Waals surface area contributed by atoms with Gasteiger partial charge in [-0.05, 0) is 48.0 Å². The summed E-state index contributed by atoms with van der Waals surface area (Å²) in [6.45, 7) is 3.90. The van der Waals surface area contributed by atoms with Crippen molar-refractivity contribution >= 4 is 21.6 Å². The highest BCUT2D eigenvalue weighted by molar-refractivity contribution is 9.10. The SMILES string of the molecule is CC1OCCC1N(C)Cc1cccc(N)c1Br. The third kappa shape index (κ3) is 2.81. The molecule has 0 bridgehead atoms. The molecular weight excluding hydrogens is 280 g/mol. The summed E-state index contributed by atoms with van der Waals surface area (Å²) in [5, 5.41) is 0. The van der Waals surface area contributed by atoms with Gasteiger partial charge in [-0.3, -0.25) is 4.90 Å². The minimum absolute atomic E-state index is 0.319. The monoisotopic (exact) mass is 298 g/mol. The average Bonchev–Trinajstić information content (AvgIpc) is 2.71. The van der Waals surface area contributed by atoms with Gasteiger partial charge in [0.15, 0.2) is 0 Å². The van der Waals surface area contributed by atoms with Crippen molar-refractivity contribution in [3.8, 4) is 0 Å². The fourth-order valence-corrected chi connectivity index (χ4v) is 2.80. The lowest BCUT2D eigenvalue weighted by molar-refractivity contribution is 0.0814. The van der Waals surface area contributed by atoms with Gasteiger partial charge < -0.3 is 10.5 Å². The zero-order valence-electron chi connectivity index (χ0n) is 10.3. The summed E-state index contributed by atoms with van der Waals surface area (Å²) >= 11 is 3.55. The van der Waals surface area contributed by atoms with Gasteiger partial charge in [-0.15, -0.1) is 0 Å². The maximum atomic E-state index is 5.89. The third-order valence-corrected chi connectivity index (χ3v) is 4.40. The Morgan fingerprint density at radius 1 is 1.53 bits per heavy atom. The molecule has 0 radical (unpaired) electrons. The zero-order chi connectivity index (χ0) is 12.4. The van der Waals surface area contributed by atoms with Crippen LogP contribution in [0.25, 0.3) is 0 Å². The first kappa shape index (κ1) is 12.9. The maximum absolute atomic E-state index is 5.89. The van der Waals surface area contributed by atoms with Crippen LogP contribution in [0.4, 0.5) is 5.69 Å². The number of nitrogen functional groups attached to an aromatic ring is 1. The first-order valence-corrected chi connectivity index (χ1v) is 6.73. The van der Waals surface area contributed by atoms with E-state index in [1.165, 1.54) is 5.56 Å². The van der Waals surface area contributed by atoms with Crippen LogP contribution in [0.5, 0.6) is 0 Å². The van der Waals surface area contributed by atoms with Gasteiger partial charge in [-0.2, -0.15) is 0 Å². The molecule has 4 heteroatoms. The molecule has 1 aliphatic heterocycles. The van der Waals surface area contributed by atoms with Gasteiger partial charge in [-0.25, -0.2) is 0 Å². The number of hydrogen-bond donors (Lipinski definition) is 1. The van der Waals surface area contributed by atoms with Crippen LogP contribution in [0, 0.1) is 0 Å². The molecule has 2 N–H and O–H groups in total. The number of benzene rings is 1. The van der Waals surface area contributed by atoms with Crippen LogP contribution in [0.2, 0.25) is 0 Å². The van der Waals surface area contributed by atoms with Gasteiger partial charge in [0.05, 0.1) is 6.10 Å². The zero-order valence-corrected chi connectivity index (χ0v) is 11.9. The molecule has 0 aliphatic carbocycles.